The maximum absolute atomic E-state index is 11.1. The van der Waals surface area contributed by atoms with Crippen molar-refractivity contribution in [2.75, 3.05) is 7.05 Å². The van der Waals surface area contributed by atoms with Gasteiger partial charge in [0.05, 0.1) is 4.92 Å². The largest absolute Gasteiger partial charge is 0.450 e. The number of nitro benzene ring substituents is 1. The molecule has 2 aromatic carbocycles. The van der Waals surface area contributed by atoms with Crippen LogP contribution in [-0.4, -0.2) is 12.0 Å². The van der Waals surface area contributed by atoms with E-state index in [9.17, 15) is 10.1 Å². The van der Waals surface area contributed by atoms with E-state index >= 15 is 0 Å². The molecule has 0 spiro atoms. The summed E-state index contributed by atoms with van der Waals surface area (Å²) in [5.41, 5.74) is 3.06. The third kappa shape index (κ3) is 3.58. The van der Waals surface area contributed by atoms with Crippen LogP contribution in [0.25, 0.3) is 0 Å². The van der Waals surface area contributed by atoms with Crippen LogP contribution >= 0.6 is 0 Å². The Morgan fingerprint density at radius 1 is 1.19 bits per heavy atom. The molecule has 1 N–H and O–H groups in total. The summed E-state index contributed by atoms with van der Waals surface area (Å²) in [5.74, 6) is 0.852. The van der Waals surface area contributed by atoms with E-state index in [1.807, 2.05) is 39.1 Å². The minimum absolute atomic E-state index is 0.0213. The van der Waals surface area contributed by atoms with Gasteiger partial charge in [-0.1, -0.05) is 12.1 Å². The molecule has 0 unspecified atom stereocenters. The third-order valence-electron chi connectivity index (χ3n) is 3.22. The second-order valence-electron chi connectivity index (χ2n) is 4.95. The Bertz CT molecular complexity index is 669. The average Bonchev–Trinajstić information content (AvgIpc) is 2.44. The number of benzene rings is 2. The van der Waals surface area contributed by atoms with Gasteiger partial charge in [0.15, 0.2) is 0 Å². The Hall–Kier alpha value is -2.40. The number of hydrogen-bond acceptors (Lipinski definition) is 4. The van der Waals surface area contributed by atoms with E-state index in [4.69, 9.17) is 4.74 Å². The molecular formula is C16H18N2O3. The van der Waals surface area contributed by atoms with Crippen LogP contribution in [0.2, 0.25) is 0 Å². The predicted octanol–water partition coefficient (Wildman–Crippen LogP) is 3.72. The molecule has 0 fully saturated rings. The number of rotatable bonds is 5. The van der Waals surface area contributed by atoms with Crippen molar-refractivity contribution in [3.05, 3.63) is 63.2 Å². The van der Waals surface area contributed by atoms with E-state index in [0.717, 1.165) is 17.7 Å². The summed E-state index contributed by atoms with van der Waals surface area (Å²) in [7, 11) is 1.89. The number of ether oxygens (including phenoxy) is 1. The molecule has 21 heavy (non-hydrogen) atoms. The zero-order valence-electron chi connectivity index (χ0n) is 12.3. The number of nitrogens with zero attached hydrogens (tertiary/aromatic N) is 1. The fourth-order valence-corrected chi connectivity index (χ4v) is 2.10. The molecule has 110 valence electrons. The molecule has 0 saturated carbocycles. The van der Waals surface area contributed by atoms with Crippen LogP contribution in [0, 0.1) is 24.0 Å². The normalized spacial score (nSPS) is 10.4. The lowest BCUT2D eigenvalue weighted by atomic mass is 10.1. The molecule has 2 rings (SSSR count). The van der Waals surface area contributed by atoms with E-state index in [2.05, 4.69) is 5.32 Å². The van der Waals surface area contributed by atoms with Crippen LogP contribution < -0.4 is 10.1 Å². The lowest BCUT2D eigenvalue weighted by Gasteiger charge is -2.10. The van der Waals surface area contributed by atoms with E-state index in [0.29, 0.717) is 5.75 Å². The van der Waals surface area contributed by atoms with Crippen LogP contribution in [0.5, 0.6) is 11.5 Å². The average molecular weight is 286 g/mol. The molecule has 0 atom stereocenters. The second-order valence-corrected chi connectivity index (χ2v) is 4.95. The number of aryl methyl sites for hydroxylation is 2. The first-order valence-electron chi connectivity index (χ1n) is 6.68. The summed E-state index contributed by atoms with van der Waals surface area (Å²) in [6, 6.07) is 10.6. The zero-order valence-corrected chi connectivity index (χ0v) is 12.3. The highest BCUT2D eigenvalue weighted by Crippen LogP contribution is 2.32. The minimum atomic E-state index is -0.426. The van der Waals surface area contributed by atoms with Crippen LogP contribution in [0.3, 0.4) is 0 Å². The smallest absolute Gasteiger partial charge is 0.311 e. The summed E-state index contributed by atoms with van der Waals surface area (Å²) >= 11 is 0. The van der Waals surface area contributed by atoms with Gasteiger partial charge in [-0.15, -0.1) is 0 Å². The lowest BCUT2D eigenvalue weighted by Crippen LogP contribution is -2.06. The Morgan fingerprint density at radius 2 is 1.95 bits per heavy atom. The topological polar surface area (TPSA) is 64.4 Å². The van der Waals surface area contributed by atoms with Crippen LogP contribution in [-0.2, 0) is 6.54 Å². The van der Waals surface area contributed by atoms with Gasteiger partial charge in [-0.25, -0.2) is 0 Å². The molecule has 0 radical (unpaired) electrons. The summed E-state index contributed by atoms with van der Waals surface area (Å²) in [4.78, 5) is 10.7. The quantitative estimate of drug-likeness (QED) is 0.672. The van der Waals surface area contributed by atoms with Crippen LogP contribution in [0.1, 0.15) is 16.7 Å². The third-order valence-corrected chi connectivity index (χ3v) is 3.22. The summed E-state index contributed by atoms with van der Waals surface area (Å²) in [5, 5.41) is 14.2. The summed E-state index contributed by atoms with van der Waals surface area (Å²) < 4.78 is 5.68. The predicted molar refractivity (Wildman–Crippen MR) is 81.9 cm³/mol. The first-order chi connectivity index (χ1) is 10.0. The molecule has 0 aliphatic rings. The molecule has 0 saturated heterocycles. The van der Waals surface area contributed by atoms with E-state index in [-0.39, 0.29) is 11.4 Å². The highest BCUT2D eigenvalue weighted by atomic mass is 16.6. The molecule has 0 aliphatic heterocycles. The van der Waals surface area contributed by atoms with E-state index in [1.165, 1.54) is 11.6 Å². The molecule has 0 aromatic heterocycles. The van der Waals surface area contributed by atoms with Crippen molar-refractivity contribution in [1.29, 1.82) is 0 Å². The minimum Gasteiger partial charge on any atom is -0.450 e. The second kappa shape index (κ2) is 6.37. The lowest BCUT2D eigenvalue weighted by molar-refractivity contribution is -0.385. The van der Waals surface area contributed by atoms with Crippen molar-refractivity contribution in [1.82, 2.24) is 5.32 Å². The van der Waals surface area contributed by atoms with Crippen molar-refractivity contribution in [2.24, 2.45) is 0 Å². The molecule has 0 bridgehead atoms. The Kier molecular flexibility index (Phi) is 4.55. The molecule has 5 heteroatoms. The van der Waals surface area contributed by atoms with Crippen LogP contribution in [0.15, 0.2) is 36.4 Å². The van der Waals surface area contributed by atoms with Crippen molar-refractivity contribution in [3.63, 3.8) is 0 Å². The maximum atomic E-state index is 11.1. The highest BCUT2D eigenvalue weighted by molar-refractivity contribution is 5.50. The summed E-state index contributed by atoms with van der Waals surface area (Å²) in [6.07, 6.45) is 0. The van der Waals surface area contributed by atoms with Gasteiger partial charge < -0.3 is 10.1 Å². The van der Waals surface area contributed by atoms with Gasteiger partial charge in [-0.2, -0.15) is 0 Å². The van der Waals surface area contributed by atoms with Crippen LogP contribution in [0.4, 0.5) is 5.69 Å². The zero-order chi connectivity index (χ0) is 15.4. The molecule has 0 heterocycles. The Labute approximate surface area is 123 Å². The van der Waals surface area contributed by atoms with Crippen molar-refractivity contribution >= 4 is 5.69 Å². The molecular weight excluding hydrogens is 268 g/mol. The molecule has 0 amide bonds. The van der Waals surface area contributed by atoms with Crippen molar-refractivity contribution in [3.8, 4) is 11.5 Å². The van der Waals surface area contributed by atoms with E-state index < -0.39 is 4.92 Å². The van der Waals surface area contributed by atoms with Gasteiger partial charge in [-0.3, -0.25) is 10.1 Å². The SMILES string of the molecule is CNCc1ccc(Oc2ccc(C)cc2[N+](=O)[O-])cc1C. The number of nitrogens with one attached hydrogen (secondary N) is 1. The van der Waals surface area contributed by atoms with Crippen molar-refractivity contribution < 1.29 is 9.66 Å². The Balaban J connectivity index is 2.30. The molecule has 2 aromatic rings. The van der Waals surface area contributed by atoms with Crippen molar-refractivity contribution in [2.45, 2.75) is 20.4 Å². The van der Waals surface area contributed by atoms with Gasteiger partial charge in [0.25, 0.3) is 0 Å². The fraction of sp³-hybridized carbons (Fsp3) is 0.250. The Morgan fingerprint density at radius 3 is 2.57 bits per heavy atom. The van der Waals surface area contributed by atoms with Gasteiger partial charge >= 0.3 is 5.69 Å². The van der Waals surface area contributed by atoms with Gasteiger partial charge in [-0.05, 0) is 55.8 Å². The van der Waals surface area contributed by atoms with Gasteiger partial charge in [0.2, 0.25) is 5.75 Å². The fourth-order valence-electron chi connectivity index (χ4n) is 2.10. The summed E-state index contributed by atoms with van der Waals surface area (Å²) in [6.45, 7) is 4.58. The number of nitro groups is 1. The first kappa shape index (κ1) is 15.0. The van der Waals surface area contributed by atoms with E-state index in [1.54, 1.807) is 12.1 Å². The highest BCUT2D eigenvalue weighted by Gasteiger charge is 2.16. The monoisotopic (exact) mass is 286 g/mol. The van der Waals surface area contributed by atoms with Gasteiger partial charge in [0.1, 0.15) is 5.75 Å². The maximum Gasteiger partial charge on any atom is 0.311 e. The standard InChI is InChI=1S/C16H18N2O3/c1-11-4-7-16(15(8-11)18(19)20)21-14-6-5-13(10-17-3)12(2)9-14/h4-9,17H,10H2,1-3H3. The first-order valence-corrected chi connectivity index (χ1v) is 6.68. The molecule has 5 nitrogen and oxygen atoms in total. The number of hydrogen-bond donors (Lipinski definition) is 1. The van der Waals surface area contributed by atoms with Gasteiger partial charge in [0, 0.05) is 12.6 Å². The molecule has 0 aliphatic carbocycles.